The summed E-state index contributed by atoms with van der Waals surface area (Å²) in [4.78, 5) is 11.3. The minimum Gasteiger partial charge on any atom is -0.497 e. The number of fused-ring (bicyclic) bond motifs is 1. The van der Waals surface area contributed by atoms with Gasteiger partial charge in [0.1, 0.15) is 5.75 Å². The Labute approximate surface area is 130 Å². The van der Waals surface area contributed by atoms with Gasteiger partial charge < -0.3 is 4.74 Å². The van der Waals surface area contributed by atoms with E-state index in [1.807, 2.05) is 0 Å². The Bertz CT molecular complexity index is 746. The Balaban J connectivity index is 2.12. The number of rotatable bonds is 3. The van der Waals surface area contributed by atoms with Crippen molar-refractivity contribution >= 4 is 16.7 Å². The zero-order valence-electron chi connectivity index (χ0n) is 12.4. The lowest BCUT2D eigenvalue weighted by molar-refractivity contribution is -0.190. The fourth-order valence-electron chi connectivity index (χ4n) is 2.86. The highest BCUT2D eigenvalue weighted by Crippen LogP contribution is 2.41. The smallest absolute Gasteiger partial charge is 0.409 e. The second-order valence-electron chi connectivity index (χ2n) is 5.36. The van der Waals surface area contributed by atoms with Crippen LogP contribution < -0.4 is 10.2 Å². The predicted octanol–water partition coefficient (Wildman–Crippen LogP) is 3.19. The highest BCUT2D eigenvalue weighted by molar-refractivity contribution is 5.87. The third-order valence-corrected chi connectivity index (χ3v) is 3.89. The summed E-state index contributed by atoms with van der Waals surface area (Å²) in [5, 5.41) is 2.10. The van der Waals surface area contributed by atoms with Crippen LogP contribution >= 0.6 is 0 Å². The van der Waals surface area contributed by atoms with Gasteiger partial charge in [-0.25, -0.2) is 5.01 Å². The monoisotopic (exact) mass is 324 g/mol. The lowest BCUT2D eigenvalue weighted by Gasteiger charge is -2.30. The lowest BCUT2D eigenvalue weighted by atomic mass is 9.97. The van der Waals surface area contributed by atoms with Gasteiger partial charge >= 0.3 is 6.18 Å². The Kier molecular flexibility index (Phi) is 3.89. The van der Waals surface area contributed by atoms with Crippen molar-refractivity contribution in [3.05, 3.63) is 42.0 Å². The van der Waals surface area contributed by atoms with E-state index in [4.69, 9.17) is 4.74 Å². The minimum absolute atomic E-state index is 0.0234. The molecule has 1 heterocycles. The second kappa shape index (κ2) is 5.73. The van der Waals surface area contributed by atoms with Gasteiger partial charge in [-0.05, 0) is 28.5 Å². The van der Waals surface area contributed by atoms with Crippen LogP contribution in [0.4, 0.5) is 13.2 Å². The summed E-state index contributed by atoms with van der Waals surface area (Å²) in [7, 11) is 1.50. The van der Waals surface area contributed by atoms with Crippen molar-refractivity contribution in [3.63, 3.8) is 0 Å². The zero-order valence-corrected chi connectivity index (χ0v) is 12.4. The molecule has 0 saturated carbocycles. The molecule has 7 heteroatoms. The van der Waals surface area contributed by atoms with E-state index >= 15 is 0 Å². The van der Waals surface area contributed by atoms with Crippen LogP contribution in [0.5, 0.6) is 5.75 Å². The topological polar surface area (TPSA) is 41.6 Å². The molecule has 3 rings (SSSR count). The van der Waals surface area contributed by atoms with Crippen LogP contribution in [0.3, 0.4) is 0 Å². The van der Waals surface area contributed by atoms with Crippen molar-refractivity contribution < 1.29 is 22.7 Å². The third-order valence-electron chi connectivity index (χ3n) is 3.89. The molecule has 122 valence electrons. The summed E-state index contributed by atoms with van der Waals surface area (Å²) < 4.78 is 46.0. The van der Waals surface area contributed by atoms with E-state index in [1.54, 1.807) is 30.3 Å². The number of carbonyl (C=O) groups excluding carboxylic acids is 1. The molecule has 0 bridgehead atoms. The summed E-state index contributed by atoms with van der Waals surface area (Å²) in [5.41, 5.74) is 2.41. The van der Waals surface area contributed by atoms with E-state index in [9.17, 15) is 18.0 Å². The summed E-state index contributed by atoms with van der Waals surface area (Å²) in [6, 6.07) is 7.80. The van der Waals surface area contributed by atoms with Crippen LogP contribution in [-0.4, -0.2) is 30.7 Å². The number of ether oxygens (including phenoxy) is 1. The number of hydrogen-bond donors (Lipinski definition) is 1. The number of nitrogens with zero attached hydrogens (tertiary/aromatic N) is 1. The van der Waals surface area contributed by atoms with Gasteiger partial charge in [0.15, 0.2) is 6.04 Å². The van der Waals surface area contributed by atoms with E-state index in [0.717, 1.165) is 5.01 Å². The van der Waals surface area contributed by atoms with Gasteiger partial charge in [-0.3, -0.25) is 10.2 Å². The van der Waals surface area contributed by atoms with Crippen LogP contribution in [0.1, 0.15) is 18.0 Å². The molecule has 0 radical (unpaired) electrons. The van der Waals surface area contributed by atoms with Crippen LogP contribution in [-0.2, 0) is 4.79 Å². The van der Waals surface area contributed by atoms with Crippen molar-refractivity contribution in [2.24, 2.45) is 0 Å². The van der Waals surface area contributed by atoms with Crippen LogP contribution in [0.15, 0.2) is 36.4 Å². The average Bonchev–Trinajstić information content (AvgIpc) is 2.91. The third kappa shape index (κ3) is 2.96. The number of hydrazine groups is 1. The van der Waals surface area contributed by atoms with Crippen LogP contribution in [0.2, 0.25) is 0 Å². The van der Waals surface area contributed by atoms with E-state index in [2.05, 4.69) is 5.43 Å². The maximum absolute atomic E-state index is 13.6. The molecule has 0 aliphatic carbocycles. The normalized spacial score (nSPS) is 17.3. The van der Waals surface area contributed by atoms with Gasteiger partial charge in [0.25, 0.3) is 0 Å². The van der Waals surface area contributed by atoms with Crippen LogP contribution in [0, 0.1) is 0 Å². The molecule has 1 N–H and O–H groups in total. The second-order valence-corrected chi connectivity index (χ2v) is 5.36. The van der Waals surface area contributed by atoms with Gasteiger partial charge in [-0.15, -0.1) is 0 Å². The largest absolute Gasteiger partial charge is 0.497 e. The molecule has 1 aliphatic heterocycles. The Morgan fingerprint density at radius 3 is 2.65 bits per heavy atom. The fraction of sp³-hybridized carbons (Fsp3) is 0.312. The predicted molar refractivity (Wildman–Crippen MR) is 78.8 cm³/mol. The first-order valence-corrected chi connectivity index (χ1v) is 7.09. The van der Waals surface area contributed by atoms with Crippen molar-refractivity contribution in [2.75, 3.05) is 13.7 Å². The van der Waals surface area contributed by atoms with Crippen molar-refractivity contribution in [1.82, 2.24) is 10.4 Å². The van der Waals surface area contributed by atoms with E-state index in [1.165, 1.54) is 13.2 Å². The molecule has 1 aliphatic rings. The number of amides is 1. The van der Waals surface area contributed by atoms with Crippen molar-refractivity contribution in [1.29, 1.82) is 0 Å². The summed E-state index contributed by atoms with van der Waals surface area (Å²) in [6.07, 6.45) is -4.45. The molecule has 0 spiro atoms. The number of alkyl halides is 3. The minimum atomic E-state index is -4.51. The number of methoxy groups -OCH3 is 1. The lowest BCUT2D eigenvalue weighted by Crippen LogP contribution is -2.43. The fourth-order valence-corrected chi connectivity index (χ4v) is 2.86. The average molecular weight is 324 g/mol. The van der Waals surface area contributed by atoms with E-state index in [0.29, 0.717) is 16.5 Å². The van der Waals surface area contributed by atoms with Gasteiger partial charge in [0.05, 0.1) is 7.11 Å². The maximum atomic E-state index is 13.6. The molecule has 1 amide bonds. The number of nitrogens with one attached hydrogen (secondary N) is 1. The Hall–Kier alpha value is -2.28. The standard InChI is InChI=1S/C16H15F3N2O2/c1-23-11-5-6-12-10(9-11)3-2-4-13(12)15(16(17,18)19)21-8-7-14(22)20-21/h2-6,9,15H,7-8H2,1H3,(H,20,22)/t15-/m0/s1. The molecule has 2 aromatic rings. The molecule has 0 aromatic heterocycles. The summed E-state index contributed by atoms with van der Waals surface area (Å²) >= 11 is 0. The van der Waals surface area contributed by atoms with E-state index in [-0.39, 0.29) is 18.5 Å². The molecule has 4 nitrogen and oxygen atoms in total. The van der Waals surface area contributed by atoms with Gasteiger partial charge in [-0.1, -0.05) is 24.3 Å². The van der Waals surface area contributed by atoms with Crippen molar-refractivity contribution in [2.45, 2.75) is 18.6 Å². The first kappa shape index (κ1) is 15.6. The molecular weight excluding hydrogens is 309 g/mol. The molecule has 1 fully saturated rings. The van der Waals surface area contributed by atoms with E-state index < -0.39 is 18.1 Å². The number of benzene rings is 2. The van der Waals surface area contributed by atoms with Gasteiger partial charge in [0, 0.05) is 13.0 Å². The molecule has 1 saturated heterocycles. The molecule has 23 heavy (non-hydrogen) atoms. The van der Waals surface area contributed by atoms with Crippen molar-refractivity contribution in [3.8, 4) is 5.75 Å². The Morgan fingerprint density at radius 2 is 2.04 bits per heavy atom. The summed E-state index contributed by atoms with van der Waals surface area (Å²) in [6.45, 7) is 0.0234. The van der Waals surface area contributed by atoms with Crippen LogP contribution in [0.25, 0.3) is 10.8 Å². The molecule has 2 aromatic carbocycles. The SMILES string of the molecule is COc1ccc2c([C@H](N3CCC(=O)N3)C(F)(F)F)cccc2c1. The molecular formula is C16H15F3N2O2. The quantitative estimate of drug-likeness (QED) is 0.943. The highest BCUT2D eigenvalue weighted by Gasteiger charge is 2.47. The number of halogens is 3. The molecule has 0 unspecified atom stereocenters. The summed E-state index contributed by atoms with van der Waals surface area (Å²) in [5.74, 6) is 0.175. The number of carbonyl (C=O) groups is 1. The first-order chi connectivity index (χ1) is 10.9. The number of hydrogen-bond acceptors (Lipinski definition) is 3. The van der Waals surface area contributed by atoms with Gasteiger partial charge in [0.2, 0.25) is 5.91 Å². The zero-order chi connectivity index (χ0) is 16.6. The first-order valence-electron chi connectivity index (χ1n) is 7.09. The highest BCUT2D eigenvalue weighted by atomic mass is 19.4. The maximum Gasteiger partial charge on any atom is 0.409 e. The van der Waals surface area contributed by atoms with Gasteiger partial charge in [-0.2, -0.15) is 13.2 Å². The Morgan fingerprint density at radius 1 is 1.26 bits per heavy atom. The molecule has 1 atom stereocenters.